The molecule has 2 aromatic heterocycles. The molecule has 1 amide bonds. The lowest BCUT2D eigenvalue weighted by Crippen LogP contribution is -2.36. The van der Waals surface area contributed by atoms with E-state index >= 15 is 0 Å². The van der Waals surface area contributed by atoms with E-state index in [9.17, 15) is 27.9 Å². The maximum Gasteiger partial charge on any atom is 0.419 e. The first kappa shape index (κ1) is 30.7. The van der Waals surface area contributed by atoms with Crippen molar-refractivity contribution >= 4 is 34.2 Å². The predicted molar refractivity (Wildman–Crippen MR) is 155 cm³/mol. The SMILES string of the molecule is COc1ccc(-c2nc(NC(=O)c3cnc(N4CCC(C(=O)O)CC4)cn3)sc2CN2CCC(C)CC2)cc1C(F)(F)F. The number of amides is 1. The molecule has 0 saturated carbocycles. The summed E-state index contributed by atoms with van der Waals surface area (Å²) in [4.78, 5) is 42.4. The fourth-order valence-corrected chi connectivity index (χ4v) is 6.38. The van der Waals surface area contributed by atoms with Gasteiger partial charge < -0.3 is 14.7 Å². The summed E-state index contributed by atoms with van der Waals surface area (Å²) < 4.78 is 46.3. The number of halogens is 3. The van der Waals surface area contributed by atoms with Crippen LogP contribution >= 0.6 is 11.3 Å². The maximum atomic E-state index is 13.8. The van der Waals surface area contributed by atoms with Crippen molar-refractivity contribution in [1.29, 1.82) is 0 Å². The summed E-state index contributed by atoms with van der Waals surface area (Å²) in [5.74, 6) is -0.835. The topological polar surface area (TPSA) is 121 Å². The van der Waals surface area contributed by atoms with Crippen LogP contribution in [0, 0.1) is 11.8 Å². The van der Waals surface area contributed by atoms with E-state index in [2.05, 4.69) is 32.1 Å². The highest BCUT2D eigenvalue weighted by molar-refractivity contribution is 7.16. The molecule has 1 aromatic carbocycles. The minimum atomic E-state index is -4.62. The maximum absolute atomic E-state index is 13.8. The van der Waals surface area contributed by atoms with Gasteiger partial charge in [-0.3, -0.25) is 19.8 Å². The lowest BCUT2D eigenvalue weighted by molar-refractivity contribution is -0.142. The number of hydrogen-bond donors (Lipinski definition) is 2. The lowest BCUT2D eigenvalue weighted by atomic mass is 9.97. The Morgan fingerprint density at radius 3 is 2.42 bits per heavy atom. The van der Waals surface area contributed by atoms with E-state index in [1.54, 1.807) is 6.07 Å². The van der Waals surface area contributed by atoms with E-state index < -0.39 is 23.6 Å². The Morgan fingerprint density at radius 2 is 1.81 bits per heavy atom. The number of carboxylic acids is 1. The number of anilines is 2. The number of carbonyl (C=O) groups excluding carboxylic acids is 1. The first-order valence-corrected chi connectivity index (χ1v) is 14.9. The number of aliphatic carboxylic acids is 1. The lowest BCUT2D eigenvalue weighted by Gasteiger charge is -2.30. The van der Waals surface area contributed by atoms with Crippen LogP contribution in [0.3, 0.4) is 0 Å². The molecule has 0 radical (unpaired) electrons. The third kappa shape index (κ3) is 7.24. The molecule has 3 aromatic rings. The van der Waals surface area contributed by atoms with Gasteiger partial charge in [-0.15, -0.1) is 0 Å². The van der Waals surface area contributed by atoms with Crippen LogP contribution in [0.4, 0.5) is 24.1 Å². The molecule has 2 aliphatic rings. The molecular weight excluding hydrogens is 585 g/mol. The zero-order chi connectivity index (χ0) is 30.7. The van der Waals surface area contributed by atoms with Crippen LogP contribution in [-0.4, -0.2) is 70.1 Å². The molecule has 2 N–H and O–H groups in total. The molecule has 2 fully saturated rings. The van der Waals surface area contributed by atoms with Crippen LogP contribution in [0.1, 0.15) is 53.5 Å². The number of piperidine rings is 2. The van der Waals surface area contributed by atoms with Gasteiger partial charge in [-0.25, -0.2) is 15.0 Å². The molecule has 0 atom stereocenters. The number of thiazole rings is 1. The molecule has 10 nitrogen and oxygen atoms in total. The van der Waals surface area contributed by atoms with Crippen LogP contribution < -0.4 is 15.0 Å². The molecule has 0 bridgehead atoms. The molecule has 2 saturated heterocycles. The van der Waals surface area contributed by atoms with E-state index in [0.29, 0.717) is 49.9 Å². The Labute approximate surface area is 250 Å². The number of alkyl halides is 3. The third-order valence-corrected chi connectivity index (χ3v) is 8.93. The zero-order valence-electron chi connectivity index (χ0n) is 23.9. The number of hydrogen-bond acceptors (Lipinski definition) is 9. The Bertz CT molecular complexity index is 1450. The molecule has 4 heterocycles. The quantitative estimate of drug-likeness (QED) is 0.341. The van der Waals surface area contributed by atoms with Gasteiger partial charge in [0, 0.05) is 30.1 Å². The van der Waals surface area contributed by atoms with Crippen LogP contribution in [0.2, 0.25) is 0 Å². The summed E-state index contributed by atoms with van der Waals surface area (Å²) in [6.45, 7) is 5.49. The normalized spacial score (nSPS) is 17.2. The number of likely N-dealkylation sites (tertiary alicyclic amines) is 1. The van der Waals surface area contributed by atoms with Crippen molar-refractivity contribution in [3.63, 3.8) is 0 Å². The number of ether oxygens (including phenoxy) is 1. The van der Waals surface area contributed by atoms with Gasteiger partial charge in [0.05, 0.1) is 36.7 Å². The minimum absolute atomic E-state index is 0.0521. The highest BCUT2D eigenvalue weighted by Gasteiger charge is 2.35. The fraction of sp³-hybridized carbons (Fsp3) is 0.483. The van der Waals surface area contributed by atoms with Crippen LogP contribution in [0.5, 0.6) is 5.75 Å². The standard InChI is InChI=1S/C29H33F3N6O4S/c1-17-5-9-37(10-6-17)16-23-25(19-3-4-22(42-2)20(13-19)29(30,31)32)35-28(43-23)36-26(39)21-14-34-24(15-33-21)38-11-7-18(8-12-38)27(40)41/h3-4,13-15,17-18H,5-12,16H2,1-2H3,(H,40,41)(H,35,36,39). The van der Waals surface area contributed by atoms with E-state index in [0.717, 1.165) is 36.9 Å². The fourth-order valence-electron chi connectivity index (χ4n) is 5.36. The molecule has 43 heavy (non-hydrogen) atoms. The van der Waals surface area contributed by atoms with E-state index in [4.69, 9.17) is 4.74 Å². The molecule has 2 aliphatic heterocycles. The van der Waals surface area contributed by atoms with Crippen molar-refractivity contribution in [3.05, 3.63) is 46.7 Å². The van der Waals surface area contributed by atoms with Gasteiger partial charge in [0.25, 0.3) is 5.91 Å². The van der Waals surface area contributed by atoms with Crippen LogP contribution in [-0.2, 0) is 17.5 Å². The number of aromatic nitrogens is 3. The van der Waals surface area contributed by atoms with Gasteiger partial charge in [-0.05, 0) is 62.9 Å². The Kier molecular flexibility index (Phi) is 9.16. The van der Waals surface area contributed by atoms with Gasteiger partial charge >= 0.3 is 12.1 Å². The minimum Gasteiger partial charge on any atom is -0.496 e. The molecule has 5 rings (SSSR count). The summed E-state index contributed by atoms with van der Waals surface area (Å²) in [5.41, 5.74) is -0.193. The first-order valence-electron chi connectivity index (χ1n) is 14.1. The second-order valence-corrected chi connectivity index (χ2v) is 12.1. The van der Waals surface area contributed by atoms with Crippen molar-refractivity contribution in [3.8, 4) is 17.0 Å². The number of rotatable bonds is 8. The second kappa shape index (κ2) is 12.8. The van der Waals surface area contributed by atoms with Gasteiger partial charge in [-0.1, -0.05) is 18.3 Å². The van der Waals surface area contributed by atoms with E-state index in [1.165, 1.54) is 36.9 Å². The summed E-state index contributed by atoms with van der Waals surface area (Å²) in [7, 11) is 1.19. The van der Waals surface area contributed by atoms with E-state index in [1.807, 2.05) is 4.90 Å². The average Bonchev–Trinajstić information content (AvgIpc) is 3.39. The highest BCUT2D eigenvalue weighted by atomic mass is 32.1. The molecule has 0 spiro atoms. The Morgan fingerprint density at radius 1 is 1.09 bits per heavy atom. The van der Waals surface area contributed by atoms with Gasteiger partial charge in [-0.2, -0.15) is 13.2 Å². The van der Waals surface area contributed by atoms with E-state index in [-0.39, 0.29) is 28.1 Å². The van der Waals surface area contributed by atoms with Crippen molar-refractivity contribution in [1.82, 2.24) is 19.9 Å². The molecular formula is C29H33F3N6O4S. The van der Waals surface area contributed by atoms with Crippen molar-refractivity contribution in [2.45, 2.75) is 45.3 Å². The number of carboxylic acid groups (broad SMARTS) is 1. The molecule has 0 aliphatic carbocycles. The van der Waals surface area contributed by atoms with Gasteiger partial charge in [0.1, 0.15) is 17.3 Å². The third-order valence-electron chi connectivity index (χ3n) is 7.98. The largest absolute Gasteiger partial charge is 0.496 e. The average molecular weight is 619 g/mol. The summed E-state index contributed by atoms with van der Waals surface area (Å²) in [5, 5.41) is 12.2. The number of nitrogens with zero attached hydrogens (tertiary/aromatic N) is 5. The van der Waals surface area contributed by atoms with Crippen molar-refractivity contribution in [2.75, 3.05) is 43.5 Å². The van der Waals surface area contributed by atoms with Crippen molar-refractivity contribution < 1.29 is 32.6 Å². The number of benzene rings is 1. The molecule has 0 unspecified atom stereocenters. The van der Waals surface area contributed by atoms with Crippen molar-refractivity contribution in [2.24, 2.45) is 11.8 Å². The Balaban J connectivity index is 1.36. The predicted octanol–water partition coefficient (Wildman–Crippen LogP) is 5.41. The van der Waals surface area contributed by atoms with Crippen LogP contribution in [0.15, 0.2) is 30.6 Å². The molecule has 230 valence electrons. The second-order valence-electron chi connectivity index (χ2n) is 11.0. The zero-order valence-corrected chi connectivity index (χ0v) is 24.7. The summed E-state index contributed by atoms with van der Waals surface area (Å²) in [6, 6.07) is 3.86. The Hall–Kier alpha value is -3.78. The van der Waals surface area contributed by atoms with Gasteiger partial charge in [0.15, 0.2) is 5.13 Å². The van der Waals surface area contributed by atoms with Gasteiger partial charge in [0.2, 0.25) is 0 Å². The monoisotopic (exact) mass is 618 g/mol. The first-order chi connectivity index (χ1) is 20.5. The molecule has 14 heteroatoms. The number of methoxy groups -OCH3 is 1. The van der Waals surface area contributed by atoms with Crippen LogP contribution in [0.25, 0.3) is 11.3 Å². The number of nitrogens with one attached hydrogen (secondary N) is 1. The summed E-state index contributed by atoms with van der Waals surface area (Å²) >= 11 is 1.22. The smallest absolute Gasteiger partial charge is 0.419 e. The summed E-state index contributed by atoms with van der Waals surface area (Å²) in [6.07, 6.45) is 1.27. The number of carbonyl (C=O) groups is 2. The highest BCUT2D eigenvalue weighted by Crippen LogP contribution is 2.41.